The average molecular weight is 163 g/mol. The van der Waals surface area contributed by atoms with Gasteiger partial charge in [0.2, 0.25) is 0 Å². The summed E-state index contributed by atoms with van der Waals surface area (Å²) in [5.41, 5.74) is 1.01. The van der Waals surface area contributed by atoms with Crippen LogP contribution in [0.15, 0.2) is 23.0 Å². The van der Waals surface area contributed by atoms with E-state index in [2.05, 4.69) is 19.6 Å². The molecule has 2 rings (SSSR count). The maximum atomic E-state index is 10.3. The Labute approximate surface area is 67.4 Å². The molecular formula is C7H5N3O2. The number of nitrogens with zero attached hydrogens (tertiary/aromatic N) is 2. The van der Waals surface area contributed by atoms with Gasteiger partial charge in [-0.15, -0.1) is 0 Å². The largest absolute Gasteiger partial charge is 0.364 e. The molecule has 0 saturated carbocycles. The predicted octanol–water partition coefficient (Wildman–Crippen LogP) is 0.877. The van der Waals surface area contributed by atoms with E-state index in [4.69, 9.17) is 0 Å². The van der Waals surface area contributed by atoms with E-state index in [-0.39, 0.29) is 0 Å². The molecule has 5 heteroatoms. The summed E-state index contributed by atoms with van der Waals surface area (Å²) in [4.78, 5) is 17.0. The first-order valence-corrected chi connectivity index (χ1v) is 3.31. The number of nitrogens with one attached hydrogen (secondary N) is 1. The van der Waals surface area contributed by atoms with Gasteiger partial charge in [-0.2, -0.15) is 0 Å². The molecule has 12 heavy (non-hydrogen) atoms. The van der Waals surface area contributed by atoms with Crippen molar-refractivity contribution in [3.05, 3.63) is 24.2 Å². The van der Waals surface area contributed by atoms with Gasteiger partial charge in [0.15, 0.2) is 12.1 Å². The van der Waals surface area contributed by atoms with Crippen molar-refractivity contribution < 1.29 is 9.32 Å². The molecule has 2 aromatic rings. The SMILES string of the molecule is O=Cc1cnc(-c2ccon2)[nH]1. The van der Waals surface area contributed by atoms with Crippen LogP contribution in [0.2, 0.25) is 0 Å². The van der Waals surface area contributed by atoms with E-state index in [1.165, 1.54) is 12.5 Å². The zero-order chi connectivity index (χ0) is 8.39. The van der Waals surface area contributed by atoms with E-state index >= 15 is 0 Å². The molecule has 0 radical (unpaired) electrons. The monoisotopic (exact) mass is 163 g/mol. The van der Waals surface area contributed by atoms with Crippen LogP contribution in [0.3, 0.4) is 0 Å². The Morgan fingerprint density at radius 3 is 3.08 bits per heavy atom. The van der Waals surface area contributed by atoms with Crippen molar-refractivity contribution >= 4 is 6.29 Å². The fraction of sp³-hybridized carbons (Fsp3) is 0. The lowest BCUT2D eigenvalue weighted by molar-refractivity contribution is 0.111. The molecule has 2 aromatic heterocycles. The molecule has 5 nitrogen and oxygen atoms in total. The van der Waals surface area contributed by atoms with Gasteiger partial charge in [0.05, 0.1) is 11.9 Å². The maximum absolute atomic E-state index is 10.3. The predicted molar refractivity (Wildman–Crippen MR) is 39.5 cm³/mol. The van der Waals surface area contributed by atoms with Gasteiger partial charge in [0.1, 0.15) is 12.0 Å². The van der Waals surface area contributed by atoms with Crippen LogP contribution in [-0.4, -0.2) is 21.4 Å². The fourth-order valence-corrected chi connectivity index (χ4v) is 0.860. The minimum Gasteiger partial charge on any atom is -0.364 e. The van der Waals surface area contributed by atoms with Crippen molar-refractivity contribution in [2.45, 2.75) is 0 Å². The van der Waals surface area contributed by atoms with Gasteiger partial charge < -0.3 is 9.51 Å². The number of H-pyrrole nitrogens is 1. The quantitative estimate of drug-likeness (QED) is 0.667. The van der Waals surface area contributed by atoms with E-state index in [0.717, 1.165) is 0 Å². The number of carbonyl (C=O) groups is 1. The van der Waals surface area contributed by atoms with Crippen molar-refractivity contribution in [1.29, 1.82) is 0 Å². The molecule has 0 aliphatic heterocycles. The summed E-state index contributed by atoms with van der Waals surface area (Å²) in [6.45, 7) is 0. The lowest BCUT2D eigenvalue weighted by atomic mass is 10.4. The number of hydrogen-bond acceptors (Lipinski definition) is 4. The maximum Gasteiger partial charge on any atom is 0.167 e. The molecule has 0 atom stereocenters. The van der Waals surface area contributed by atoms with Crippen molar-refractivity contribution in [1.82, 2.24) is 15.1 Å². The Kier molecular flexibility index (Phi) is 1.48. The molecule has 0 aromatic carbocycles. The van der Waals surface area contributed by atoms with Gasteiger partial charge in [-0.1, -0.05) is 5.16 Å². The number of aromatic nitrogens is 3. The summed E-state index contributed by atoms with van der Waals surface area (Å²) in [6, 6.07) is 1.66. The Hall–Kier alpha value is -1.91. The number of hydrogen-bond donors (Lipinski definition) is 1. The first-order chi connectivity index (χ1) is 5.90. The Morgan fingerprint density at radius 2 is 2.50 bits per heavy atom. The summed E-state index contributed by atoms with van der Waals surface area (Å²) in [5.74, 6) is 0.533. The topological polar surface area (TPSA) is 71.8 Å². The molecule has 0 amide bonds. The second-order valence-corrected chi connectivity index (χ2v) is 2.19. The van der Waals surface area contributed by atoms with Crippen molar-refractivity contribution in [2.24, 2.45) is 0 Å². The van der Waals surface area contributed by atoms with Crippen molar-refractivity contribution in [3.63, 3.8) is 0 Å². The number of aldehydes is 1. The molecule has 1 N–H and O–H groups in total. The second-order valence-electron chi connectivity index (χ2n) is 2.19. The first kappa shape index (κ1) is 6.78. The lowest BCUT2D eigenvalue weighted by Crippen LogP contribution is -1.80. The van der Waals surface area contributed by atoms with Crippen LogP contribution < -0.4 is 0 Å². The first-order valence-electron chi connectivity index (χ1n) is 3.31. The third-order valence-electron chi connectivity index (χ3n) is 1.40. The summed E-state index contributed by atoms with van der Waals surface area (Å²) < 4.78 is 4.61. The second kappa shape index (κ2) is 2.61. The van der Waals surface area contributed by atoms with Gasteiger partial charge in [0, 0.05) is 6.07 Å². The highest BCUT2D eigenvalue weighted by Gasteiger charge is 2.04. The van der Waals surface area contributed by atoms with Crippen molar-refractivity contribution in [2.75, 3.05) is 0 Å². The van der Waals surface area contributed by atoms with Gasteiger partial charge in [-0.3, -0.25) is 4.79 Å². The average Bonchev–Trinajstić information content (AvgIpc) is 2.75. The van der Waals surface area contributed by atoms with Crippen LogP contribution in [0.4, 0.5) is 0 Å². The normalized spacial score (nSPS) is 10.0. The highest BCUT2D eigenvalue weighted by molar-refractivity contribution is 5.72. The Balaban J connectivity index is 2.41. The molecule has 0 spiro atoms. The van der Waals surface area contributed by atoms with Crippen LogP contribution >= 0.6 is 0 Å². The van der Waals surface area contributed by atoms with Gasteiger partial charge in [-0.25, -0.2) is 4.98 Å². The lowest BCUT2D eigenvalue weighted by Gasteiger charge is -1.83. The van der Waals surface area contributed by atoms with Gasteiger partial charge >= 0.3 is 0 Å². The van der Waals surface area contributed by atoms with Crippen LogP contribution in [0.25, 0.3) is 11.5 Å². The van der Waals surface area contributed by atoms with Crippen LogP contribution in [-0.2, 0) is 0 Å². The van der Waals surface area contributed by atoms with Crippen molar-refractivity contribution in [3.8, 4) is 11.5 Å². The Morgan fingerprint density at radius 1 is 1.58 bits per heavy atom. The van der Waals surface area contributed by atoms with E-state index in [1.54, 1.807) is 6.07 Å². The minimum absolute atomic E-state index is 0.424. The smallest absolute Gasteiger partial charge is 0.167 e. The van der Waals surface area contributed by atoms with Gasteiger partial charge in [-0.05, 0) is 0 Å². The number of carbonyl (C=O) groups excluding carboxylic acids is 1. The summed E-state index contributed by atoms with van der Waals surface area (Å²) in [7, 11) is 0. The minimum atomic E-state index is 0.424. The van der Waals surface area contributed by atoms with E-state index < -0.39 is 0 Å². The van der Waals surface area contributed by atoms with Crippen LogP contribution in [0.5, 0.6) is 0 Å². The summed E-state index contributed by atoms with van der Waals surface area (Å²) >= 11 is 0. The van der Waals surface area contributed by atoms with Crippen LogP contribution in [0.1, 0.15) is 10.5 Å². The van der Waals surface area contributed by atoms with E-state index in [9.17, 15) is 4.79 Å². The number of rotatable bonds is 2. The molecular weight excluding hydrogens is 158 g/mol. The van der Waals surface area contributed by atoms with Crippen LogP contribution in [0, 0.1) is 0 Å². The standard InChI is InChI=1S/C7H5N3O2/c11-4-5-3-8-7(9-5)6-1-2-12-10-6/h1-4H,(H,8,9). The highest BCUT2D eigenvalue weighted by Crippen LogP contribution is 2.11. The summed E-state index contributed by atoms with van der Waals surface area (Å²) in [5, 5.41) is 3.65. The third-order valence-corrected chi connectivity index (χ3v) is 1.40. The van der Waals surface area contributed by atoms with Gasteiger partial charge in [0.25, 0.3) is 0 Å². The highest BCUT2D eigenvalue weighted by atomic mass is 16.5. The molecule has 60 valence electrons. The third kappa shape index (κ3) is 1.01. The van der Waals surface area contributed by atoms with E-state index in [1.807, 2.05) is 0 Å². The molecule has 0 fully saturated rings. The molecule has 0 bridgehead atoms. The molecule has 0 saturated heterocycles. The summed E-state index contributed by atoms with van der Waals surface area (Å²) in [6.07, 6.45) is 3.58. The molecule has 2 heterocycles. The fourth-order valence-electron chi connectivity index (χ4n) is 0.860. The number of imidazole rings is 1. The number of aromatic amines is 1. The zero-order valence-corrected chi connectivity index (χ0v) is 6.02. The molecule has 0 unspecified atom stereocenters. The zero-order valence-electron chi connectivity index (χ0n) is 6.02. The van der Waals surface area contributed by atoms with E-state index in [0.29, 0.717) is 23.5 Å². The Bertz CT molecular complexity index is 377. The molecule has 0 aliphatic carbocycles. The molecule has 0 aliphatic rings.